The van der Waals surface area contributed by atoms with Crippen molar-refractivity contribution in [2.24, 2.45) is 16.4 Å². The number of rotatable bonds is 8. The number of aromatic nitrogens is 2. The summed E-state index contributed by atoms with van der Waals surface area (Å²) < 4.78 is 30.2. The summed E-state index contributed by atoms with van der Waals surface area (Å²) in [6.45, 7) is 12.8. The van der Waals surface area contributed by atoms with Gasteiger partial charge in [-0.25, -0.2) is 14.6 Å². The molecule has 2 aliphatic heterocycles. The molecule has 0 radical (unpaired) electrons. The van der Waals surface area contributed by atoms with Crippen molar-refractivity contribution in [3.05, 3.63) is 57.7 Å². The first-order valence-corrected chi connectivity index (χ1v) is 16.0. The lowest BCUT2D eigenvalue weighted by Gasteiger charge is -2.44. The van der Waals surface area contributed by atoms with Crippen molar-refractivity contribution in [2.45, 2.75) is 97.6 Å². The quantitative estimate of drug-likeness (QED) is 0.0949. The number of nitrogens with zero attached hydrogens (tertiary/aromatic N) is 6. The molecule has 0 bridgehead atoms. The van der Waals surface area contributed by atoms with Gasteiger partial charge in [-0.15, -0.1) is 0 Å². The molecule has 1 aliphatic carbocycles. The molecule has 16 heteroatoms. The lowest BCUT2D eigenvalue weighted by atomic mass is 9.60. The van der Waals surface area contributed by atoms with E-state index in [2.05, 4.69) is 20.3 Å². The predicted molar refractivity (Wildman–Crippen MR) is 172 cm³/mol. The van der Waals surface area contributed by atoms with Gasteiger partial charge in [-0.05, 0) is 71.6 Å². The van der Waals surface area contributed by atoms with Crippen molar-refractivity contribution in [3.63, 3.8) is 0 Å². The van der Waals surface area contributed by atoms with Crippen LogP contribution in [0.25, 0.3) is 10.4 Å². The van der Waals surface area contributed by atoms with Crippen LogP contribution in [0.4, 0.5) is 15.5 Å². The minimum absolute atomic E-state index is 0.0149. The lowest BCUT2D eigenvalue weighted by Crippen LogP contribution is -2.59. The predicted octanol–water partition coefficient (Wildman–Crippen LogP) is 5.34. The molecular weight excluding hydrogens is 638 g/mol. The van der Waals surface area contributed by atoms with Crippen LogP contribution in [0.15, 0.2) is 35.4 Å². The second-order valence-electron chi connectivity index (χ2n) is 14.8. The zero-order valence-electron chi connectivity index (χ0n) is 29.0. The van der Waals surface area contributed by atoms with Gasteiger partial charge >= 0.3 is 18.2 Å². The molecule has 16 nitrogen and oxygen atoms in total. The highest BCUT2D eigenvalue weighted by atomic mass is 16.6. The maximum absolute atomic E-state index is 14.8. The maximum Gasteiger partial charge on any atom is 0.412 e. The summed E-state index contributed by atoms with van der Waals surface area (Å²) in [5.41, 5.74) is 5.60. The van der Waals surface area contributed by atoms with Crippen LogP contribution >= 0.6 is 0 Å². The number of Topliss-reactive ketones (excluding diaryl/α,β-unsaturated/α-hetero) is 1. The third-order valence-electron chi connectivity index (χ3n) is 8.64. The average molecular weight is 682 g/mol. The summed E-state index contributed by atoms with van der Waals surface area (Å²) in [5.74, 6) is -3.57. The normalized spacial score (nSPS) is 24.4. The van der Waals surface area contributed by atoms with Crippen LogP contribution in [0, 0.1) is 11.3 Å². The highest BCUT2D eigenvalue weighted by molar-refractivity contribution is 6.15. The van der Waals surface area contributed by atoms with Gasteiger partial charge in [0.05, 0.1) is 31.6 Å². The van der Waals surface area contributed by atoms with Crippen molar-refractivity contribution < 1.29 is 42.9 Å². The van der Waals surface area contributed by atoms with Crippen molar-refractivity contribution in [1.82, 2.24) is 19.8 Å². The summed E-state index contributed by atoms with van der Waals surface area (Å²) in [6, 6.07) is 8.47. The number of cyclic esters (lactones) is 1. The summed E-state index contributed by atoms with van der Waals surface area (Å²) in [7, 11) is 0. The van der Waals surface area contributed by atoms with E-state index in [4.69, 9.17) is 23.7 Å². The largest absolute Gasteiger partial charge is 0.464 e. The van der Waals surface area contributed by atoms with Gasteiger partial charge in [-0.3, -0.25) is 19.1 Å². The van der Waals surface area contributed by atoms with Crippen molar-refractivity contribution in [2.75, 3.05) is 19.8 Å². The molecule has 4 atom stereocenters. The number of esters is 1. The minimum Gasteiger partial charge on any atom is -0.464 e. The minimum atomic E-state index is -1.97. The number of ether oxygens (including phenoxy) is 5. The monoisotopic (exact) mass is 681 g/mol. The van der Waals surface area contributed by atoms with Crippen molar-refractivity contribution in [1.29, 1.82) is 0 Å². The van der Waals surface area contributed by atoms with E-state index in [1.165, 1.54) is 9.47 Å². The Labute approximate surface area is 284 Å². The number of ketones is 1. The second kappa shape index (κ2) is 13.0. The number of benzene rings is 1. The lowest BCUT2D eigenvalue weighted by molar-refractivity contribution is -0.144. The molecule has 1 aromatic heterocycles. The van der Waals surface area contributed by atoms with Crippen LogP contribution in [0.1, 0.15) is 83.1 Å². The zero-order valence-corrected chi connectivity index (χ0v) is 29.0. The van der Waals surface area contributed by atoms with Crippen LogP contribution in [-0.4, -0.2) is 81.1 Å². The van der Waals surface area contributed by atoms with Gasteiger partial charge in [0, 0.05) is 23.3 Å². The van der Waals surface area contributed by atoms with E-state index < -0.39 is 70.7 Å². The van der Waals surface area contributed by atoms with E-state index in [1.807, 2.05) is 30.3 Å². The zero-order chi connectivity index (χ0) is 35.9. The summed E-state index contributed by atoms with van der Waals surface area (Å²) in [6.07, 6.45) is -1.52. The molecule has 2 fully saturated rings. The Morgan fingerprint density at radius 3 is 2.39 bits per heavy atom. The Kier molecular flexibility index (Phi) is 9.45. The number of hydrogen-bond donors (Lipinski definition) is 1. The highest BCUT2D eigenvalue weighted by Crippen LogP contribution is 2.55. The number of hydrogen-bond acceptors (Lipinski definition) is 11. The summed E-state index contributed by atoms with van der Waals surface area (Å²) in [4.78, 5) is 64.4. The number of azide groups is 1. The Balaban J connectivity index is 1.66. The second-order valence-corrected chi connectivity index (χ2v) is 14.8. The van der Waals surface area contributed by atoms with Gasteiger partial charge in [0.2, 0.25) is 5.78 Å². The standard InChI is InChI=1S/C33H43N7O9/c1-30(2,3)48-28(43)35-17-33-20(15-46-26(33)42)22(21-16-47-32(7,8)40(21)29(44)49-31(4,5)6)23-24(25(33)41)39(27(36-23)37-38-34)18-45-14-19-12-10-9-11-13-19/h9-13,20-22H,14-18H2,1-8H3,(H,35,43)/t20-,21+,22+,33+/m1/s1. The first-order valence-electron chi connectivity index (χ1n) is 16.0. The van der Waals surface area contributed by atoms with Crippen molar-refractivity contribution >= 4 is 29.9 Å². The summed E-state index contributed by atoms with van der Waals surface area (Å²) >= 11 is 0. The van der Waals surface area contributed by atoms with Crippen LogP contribution in [0.3, 0.4) is 0 Å². The number of fused-ring (bicyclic) bond motifs is 2. The van der Waals surface area contributed by atoms with Gasteiger partial charge in [0.1, 0.15) is 29.4 Å². The van der Waals surface area contributed by atoms with Crippen LogP contribution in [-0.2, 0) is 41.8 Å². The highest BCUT2D eigenvalue weighted by Gasteiger charge is 2.68. The summed E-state index contributed by atoms with van der Waals surface area (Å²) in [5, 5.41) is 6.38. The molecule has 0 unspecified atom stereocenters. The van der Waals surface area contributed by atoms with E-state index in [0.29, 0.717) is 0 Å². The first kappa shape index (κ1) is 35.6. The molecule has 1 aromatic carbocycles. The molecule has 0 saturated carbocycles. The van der Waals surface area contributed by atoms with Crippen LogP contribution in [0.5, 0.6) is 0 Å². The molecule has 2 saturated heterocycles. The molecule has 49 heavy (non-hydrogen) atoms. The Morgan fingerprint density at radius 1 is 1.08 bits per heavy atom. The smallest absolute Gasteiger partial charge is 0.412 e. The first-order chi connectivity index (χ1) is 22.9. The van der Waals surface area contributed by atoms with E-state index in [1.54, 1.807) is 55.4 Å². The van der Waals surface area contributed by atoms with E-state index in [0.717, 1.165) is 5.56 Å². The van der Waals surface area contributed by atoms with Gasteiger partial charge in [0.25, 0.3) is 0 Å². The Bertz CT molecular complexity index is 1670. The molecular formula is C33H43N7O9. The molecule has 264 valence electrons. The molecule has 2 aromatic rings. The molecule has 3 heterocycles. The Hall–Kier alpha value is -4.66. The molecule has 0 spiro atoms. The third-order valence-corrected chi connectivity index (χ3v) is 8.64. The number of alkyl carbamates (subject to hydrolysis) is 1. The van der Waals surface area contributed by atoms with E-state index in [9.17, 15) is 24.7 Å². The third kappa shape index (κ3) is 6.94. The molecule has 3 aliphatic rings. The average Bonchev–Trinajstić information content (AvgIpc) is 3.62. The van der Waals surface area contributed by atoms with Crippen LogP contribution in [0.2, 0.25) is 0 Å². The Morgan fingerprint density at radius 2 is 1.76 bits per heavy atom. The fourth-order valence-electron chi connectivity index (χ4n) is 6.68. The number of carbonyl (C=O) groups is 4. The number of amides is 2. The fourth-order valence-corrected chi connectivity index (χ4v) is 6.68. The van der Waals surface area contributed by atoms with Gasteiger partial charge in [0.15, 0.2) is 11.4 Å². The van der Waals surface area contributed by atoms with Gasteiger partial charge < -0.3 is 29.0 Å². The maximum atomic E-state index is 14.8. The number of imidazole rings is 1. The van der Waals surface area contributed by atoms with E-state index >= 15 is 0 Å². The number of nitrogens with one attached hydrogen (secondary N) is 1. The SMILES string of the molecule is CC(C)(C)OC(=O)NC[C@]12C(=O)OC[C@@H]1[C@@H]([C@@H]1COC(C)(C)N1C(=O)OC(C)(C)C)c1nc(N=[N+]=[N-])n(COCc3ccccc3)c1C2=O. The van der Waals surface area contributed by atoms with Gasteiger partial charge in [-0.1, -0.05) is 30.3 Å². The molecule has 2 amide bonds. The van der Waals surface area contributed by atoms with E-state index in [-0.39, 0.29) is 43.9 Å². The topological polar surface area (TPSA) is 196 Å². The van der Waals surface area contributed by atoms with Crippen LogP contribution < -0.4 is 5.32 Å². The molecule has 1 N–H and O–H groups in total. The number of carbonyl (C=O) groups excluding carboxylic acids is 4. The van der Waals surface area contributed by atoms with Gasteiger partial charge in [-0.2, -0.15) is 0 Å². The molecule has 5 rings (SSSR count). The fraction of sp³-hybridized carbons (Fsp3) is 0.606. The van der Waals surface area contributed by atoms with Crippen molar-refractivity contribution in [3.8, 4) is 0 Å².